The van der Waals surface area contributed by atoms with Gasteiger partial charge in [0.2, 0.25) is 5.91 Å². The quantitative estimate of drug-likeness (QED) is 0.539. The molecule has 0 aliphatic heterocycles. The van der Waals surface area contributed by atoms with Crippen LogP contribution >= 0.6 is 0 Å². The Morgan fingerprint density at radius 3 is 2.32 bits per heavy atom. The zero-order valence-electron chi connectivity index (χ0n) is 14.4. The van der Waals surface area contributed by atoms with E-state index in [1.54, 1.807) is 6.92 Å². The molecule has 0 saturated heterocycles. The molecule has 0 fully saturated rings. The summed E-state index contributed by atoms with van der Waals surface area (Å²) in [7, 11) is 0. The van der Waals surface area contributed by atoms with Gasteiger partial charge in [0.25, 0.3) is 0 Å². The maximum Gasteiger partial charge on any atom is 0.458 e. The number of hydrogen-bond donors (Lipinski definition) is 1. The number of pyridine rings is 1. The Morgan fingerprint density at radius 1 is 1.11 bits per heavy atom. The van der Waals surface area contributed by atoms with Gasteiger partial charge in [-0.05, 0) is 41.8 Å². The molecule has 0 spiro atoms. The van der Waals surface area contributed by atoms with Gasteiger partial charge in [-0.3, -0.25) is 9.59 Å². The average molecular weight is 404 g/mol. The zero-order chi connectivity index (χ0) is 21.1. The van der Waals surface area contributed by atoms with Gasteiger partial charge in [-0.25, -0.2) is 9.37 Å². The van der Waals surface area contributed by atoms with Crippen LogP contribution in [0.15, 0.2) is 30.3 Å². The molecule has 0 aliphatic rings. The first-order valence-electron chi connectivity index (χ1n) is 8.01. The molecule has 28 heavy (non-hydrogen) atoms. The van der Waals surface area contributed by atoms with Crippen LogP contribution in [0, 0.1) is 5.82 Å². The molecular weight excluding hydrogens is 390 g/mol. The lowest BCUT2D eigenvalue weighted by atomic mass is 10.0. The van der Waals surface area contributed by atoms with Crippen LogP contribution in [0.25, 0.3) is 11.1 Å². The second kappa shape index (κ2) is 7.99. The highest BCUT2D eigenvalue weighted by Gasteiger charge is 2.59. The Bertz CT molecular complexity index is 896. The lowest BCUT2D eigenvalue weighted by Gasteiger charge is -2.20. The lowest BCUT2D eigenvalue weighted by Crippen LogP contribution is -2.34. The van der Waals surface area contributed by atoms with E-state index >= 15 is 0 Å². The predicted octanol–water partition coefficient (Wildman–Crippen LogP) is 5.09. The van der Waals surface area contributed by atoms with Crippen molar-refractivity contribution in [3.8, 4) is 11.1 Å². The number of alkyl halides is 5. The highest BCUT2D eigenvalue weighted by molar-refractivity contribution is 5.91. The topological polar surface area (TPSA) is 59.1 Å². The van der Waals surface area contributed by atoms with Gasteiger partial charge in [0.05, 0.1) is 5.56 Å². The fraction of sp³-hybridized carbons (Fsp3) is 0.278. The van der Waals surface area contributed by atoms with Crippen LogP contribution in [0.4, 0.5) is 32.2 Å². The van der Waals surface area contributed by atoms with Crippen molar-refractivity contribution in [2.45, 2.75) is 31.9 Å². The number of hydrogen-bond acceptors (Lipinski definition) is 3. The number of benzene rings is 1. The van der Waals surface area contributed by atoms with Gasteiger partial charge in [-0.1, -0.05) is 13.0 Å². The van der Waals surface area contributed by atoms with E-state index in [2.05, 4.69) is 10.3 Å². The van der Waals surface area contributed by atoms with Gasteiger partial charge in [-0.2, -0.15) is 22.0 Å². The highest BCUT2D eigenvalue weighted by atomic mass is 19.4. The van der Waals surface area contributed by atoms with E-state index in [1.807, 2.05) is 0 Å². The minimum absolute atomic E-state index is 0.0387. The van der Waals surface area contributed by atoms with E-state index in [9.17, 15) is 35.9 Å². The Labute approximate surface area is 155 Å². The molecule has 150 valence electrons. The van der Waals surface area contributed by atoms with Crippen molar-refractivity contribution in [1.82, 2.24) is 4.98 Å². The van der Waals surface area contributed by atoms with Crippen molar-refractivity contribution >= 4 is 18.0 Å². The largest absolute Gasteiger partial charge is 0.458 e. The van der Waals surface area contributed by atoms with Gasteiger partial charge in [0, 0.05) is 6.42 Å². The molecule has 0 bridgehead atoms. The van der Waals surface area contributed by atoms with Gasteiger partial charge in [0.1, 0.15) is 17.3 Å². The molecule has 1 N–H and O–H groups in total. The molecular formula is C18H14F6N2O2. The van der Waals surface area contributed by atoms with Crippen LogP contribution in [-0.4, -0.2) is 23.4 Å². The molecule has 0 radical (unpaired) electrons. The third-order valence-electron chi connectivity index (χ3n) is 3.71. The third-order valence-corrected chi connectivity index (χ3v) is 3.71. The number of nitrogens with one attached hydrogen (secondary N) is 1. The molecule has 1 amide bonds. The molecule has 2 rings (SSSR count). The second-order valence-electron chi connectivity index (χ2n) is 5.85. The number of aldehydes is 1. The van der Waals surface area contributed by atoms with E-state index in [0.29, 0.717) is 24.8 Å². The van der Waals surface area contributed by atoms with Crippen LogP contribution in [-0.2, 0) is 10.7 Å². The first kappa shape index (κ1) is 21.4. The summed E-state index contributed by atoms with van der Waals surface area (Å²) in [5.41, 5.74) is -1.93. The fourth-order valence-corrected chi connectivity index (χ4v) is 2.38. The van der Waals surface area contributed by atoms with E-state index in [1.165, 1.54) is 12.1 Å². The summed E-state index contributed by atoms with van der Waals surface area (Å²) in [6.07, 6.45) is -4.88. The number of anilines is 1. The van der Waals surface area contributed by atoms with Crippen LogP contribution in [0.5, 0.6) is 0 Å². The summed E-state index contributed by atoms with van der Waals surface area (Å²) in [5, 5.41) is 2.43. The molecule has 1 aromatic carbocycles. The molecule has 10 heteroatoms. The summed E-state index contributed by atoms with van der Waals surface area (Å²) < 4.78 is 78.2. The molecule has 0 aliphatic carbocycles. The smallest absolute Gasteiger partial charge is 0.311 e. The number of halogens is 6. The maximum absolute atomic E-state index is 14.0. The van der Waals surface area contributed by atoms with E-state index in [-0.39, 0.29) is 29.1 Å². The van der Waals surface area contributed by atoms with Crippen molar-refractivity contribution in [3.05, 3.63) is 47.4 Å². The Balaban J connectivity index is 2.46. The summed E-state index contributed by atoms with van der Waals surface area (Å²) in [5.74, 6) is -7.56. The second-order valence-corrected chi connectivity index (χ2v) is 5.85. The summed E-state index contributed by atoms with van der Waals surface area (Å²) in [6.45, 7) is 1.77. The molecule has 1 heterocycles. The van der Waals surface area contributed by atoms with E-state index in [4.69, 9.17) is 0 Å². The van der Waals surface area contributed by atoms with Crippen molar-refractivity contribution in [3.63, 3.8) is 0 Å². The summed E-state index contributed by atoms with van der Waals surface area (Å²) in [4.78, 5) is 26.6. The summed E-state index contributed by atoms with van der Waals surface area (Å²) >= 11 is 0. The van der Waals surface area contributed by atoms with Crippen LogP contribution in [0.2, 0.25) is 0 Å². The lowest BCUT2D eigenvalue weighted by molar-refractivity contribution is -0.290. The van der Waals surface area contributed by atoms with E-state index < -0.39 is 29.4 Å². The Hall–Kier alpha value is -2.91. The van der Waals surface area contributed by atoms with Crippen molar-refractivity contribution in [2.24, 2.45) is 0 Å². The third kappa shape index (κ3) is 4.49. The molecule has 2 aromatic rings. The first-order chi connectivity index (χ1) is 13.0. The molecule has 0 atom stereocenters. The van der Waals surface area contributed by atoms with Crippen molar-refractivity contribution in [2.75, 3.05) is 5.32 Å². The number of nitrogens with zero attached hydrogens (tertiary/aromatic N) is 1. The first-order valence-corrected chi connectivity index (χ1v) is 8.01. The predicted molar refractivity (Wildman–Crippen MR) is 88.5 cm³/mol. The normalized spacial score (nSPS) is 12.0. The number of carbonyl (C=O) groups excluding carboxylic acids is 2. The number of aromatic nitrogens is 1. The number of amides is 1. The Morgan fingerprint density at radius 2 is 1.79 bits per heavy atom. The van der Waals surface area contributed by atoms with Gasteiger partial charge in [0.15, 0.2) is 6.29 Å². The standard InChI is InChI=1S/C18H14F6N2O2/c1-2-3-16(28)26-15-8-11(6-12(9-27)25-15)10-4-5-13(14(19)7-10)17(20,21)18(22,23)24/h4-9H,2-3H2,1H3,(H,25,26,28). The Kier molecular flexibility index (Phi) is 6.10. The molecule has 0 saturated carbocycles. The van der Waals surface area contributed by atoms with E-state index in [0.717, 1.165) is 6.07 Å². The van der Waals surface area contributed by atoms with Gasteiger partial charge in [-0.15, -0.1) is 0 Å². The number of rotatable bonds is 6. The maximum atomic E-state index is 14.0. The van der Waals surface area contributed by atoms with Crippen molar-refractivity contribution in [1.29, 1.82) is 0 Å². The zero-order valence-corrected chi connectivity index (χ0v) is 14.4. The minimum atomic E-state index is -5.95. The molecule has 1 aromatic heterocycles. The highest BCUT2D eigenvalue weighted by Crippen LogP contribution is 2.45. The minimum Gasteiger partial charge on any atom is -0.311 e. The van der Waals surface area contributed by atoms with Crippen molar-refractivity contribution < 1.29 is 35.9 Å². The monoisotopic (exact) mass is 404 g/mol. The number of carbonyl (C=O) groups is 2. The van der Waals surface area contributed by atoms with Crippen LogP contribution in [0.1, 0.15) is 35.8 Å². The average Bonchev–Trinajstić information content (AvgIpc) is 2.60. The molecule has 0 unspecified atom stereocenters. The van der Waals surface area contributed by atoms with Crippen LogP contribution < -0.4 is 5.32 Å². The summed E-state index contributed by atoms with van der Waals surface area (Å²) in [6, 6.07) is 4.11. The van der Waals surface area contributed by atoms with Gasteiger partial charge >= 0.3 is 12.1 Å². The fourth-order valence-electron chi connectivity index (χ4n) is 2.38. The van der Waals surface area contributed by atoms with Crippen LogP contribution in [0.3, 0.4) is 0 Å². The SMILES string of the molecule is CCCC(=O)Nc1cc(-c2ccc(C(F)(F)C(F)(F)F)c(F)c2)cc(C=O)n1. The molecule has 4 nitrogen and oxygen atoms in total. The van der Waals surface area contributed by atoms with Gasteiger partial charge < -0.3 is 5.32 Å².